The number of likely N-dealkylation sites (N-methyl/N-ethyl adjacent to an activating group) is 1. The zero-order valence-electron chi connectivity index (χ0n) is 22.2. The van der Waals surface area contributed by atoms with Gasteiger partial charge >= 0.3 is 0 Å². The fourth-order valence-corrected chi connectivity index (χ4v) is 4.45. The van der Waals surface area contributed by atoms with Crippen LogP contribution in [-0.2, 0) is 11.2 Å². The van der Waals surface area contributed by atoms with Crippen LogP contribution in [0.4, 0.5) is 0 Å². The van der Waals surface area contributed by atoms with Crippen LogP contribution in [0.15, 0.2) is 61.1 Å². The van der Waals surface area contributed by atoms with Crippen molar-refractivity contribution < 1.29 is 24.2 Å². The van der Waals surface area contributed by atoms with Gasteiger partial charge in [-0.25, -0.2) is 4.98 Å². The van der Waals surface area contributed by atoms with E-state index in [2.05, 4.69) is 9.97 Å². The Morgan fingerprint density at radius 1 is 1.24 bits per heavy atom. The van der Waals surface area contributed by atoms with Crippen LogP contribution in [0, 0.1) is 5.92 Å². The van der Waals surface area contributed by atoms with Crippen LogP contribution in [0.5, 0.6) is 11.6 Å². The van der Waals surface area contributed by atoms with E-state index in [-0.39, 0.29) is 36.6 Å². The summed E-state index contributed by atoms with van der Waals surface area (Å²) in [5, 5.41) is 9.90. The monoisotopic (exact) mass is 518 g/mol. The van der Waals surface area contributed by atoms with Gasteiger partial charge in [-0.05, 0) is 42.3 Å². The summed E-state index contributed by atoms with van der Waals surface area (Å²) in [6.45, 7) is 4.30. The number of ether oxygens (including phenoxy) is 2. The van der Waals surface area contributed by atoms with Gasteiger partial charge in [0.25, 0.3) is 5.91 Å². The Kier molecular flexibility index (Phi) is 8.58. The molecular weight excluding hydrogens is 484 g/mol. The highest BCUT2D eigenvalue weighted by molar-refractivity contribution is 5.98. The third-order valence-corrected chi connectivity index (χ3v) is 6.90. The number of aliphatic hydroxyl groups excluding tert-OH is 1. The van der Waals surface area contributed by atoms with Crippen molar-refractivity contribution in [3.8, 4) is 22.8 Å². The van der Waals surface area contributed by atoms with Crippen molar-refractivity contribution in [2.24, 2.45) is 5.92 Å². The first-order valence-corrected chi connectivity index (χ1v) is 12.7. The van der Waals surface area contributed by atoms with Gasteiger partial charge in [0, 0.05) is 43.7 Å². The third kappa shape index (κ3) is 6.11. The molecule has 0 bridgehead atoms. The molecule has 9 heteroatoms. The first-order valence-electron chi connectivity index (χ1n) is 12.7. The SMILES string of the molecule is COc1ccc(-c2cnc3c(c2)C(=O)N([C@H](C)CO)C[C@@H](C)[C@H](CN(C)C(=O)Cc2cccnc2)O3)cc1. The van der Waals surface area contributed by atoms with Gasteiger partial charge in [0.15, 0.2) is 0 Å². The van der Waals surface area contributed by atoms with Crippen LogP contribution < -0.4 is 9.47 Å². The van der Waals surface area contributed by atoms with Gasteiger partial charge in [-0.3, -0.25) is 14.6 Å². The largest absolute Gasteiger partial charge is 0.497 e. The van der Waals surface area contributed by atoms with Crippen molar-refractivity contribution in [3.63, 3.8) is 0 Å². The maximum Gasteiger partial charge on any atom is 0.259 e. The molecule has 2 aromatic heterocycles. The zero-order chi connectivity index (χ0) is 27.2. The number of rotatable bonds is 8. The number of fused-ring (bicyclic) bond motifs is 1. The van der Waals surface area contributed by atoms with Crippen LogP contribution in [0.3, 0.4) is 0 Å². The van der Waals surface area contributed by atoms with Gasteiger partial charge in [-0.2, -0.15) is 0 Å². The van der Waals surface area contributed by atoms with Crippen LogP contribution in [0.2, 0.25) is 0 Å². The fourth-order valence-electron chi connectivity index (χ4n) is 4.45. The minimum Gasteiger partial charge on any atom is -0.497 e. The molecule has 0 radical (unpaired) electrons. The summed E-state index contributed by atoms with van der Waals surface area (Å²) in [4.78, 5) is 38.5. The Morgan fingerprint density at radius 3 is 2.66 bits per heavy atom. The van der Waals surface area contributed by atoms with Crippen molar-refractivity contribution in [3.05, 3.63) is 72.2 Å². The molecule has 200 valence electrons. The number of nitrogens with zero attached hydrogens (tertiary/aromatic N) is 4. The summed E-state index contributed by atoms with van der Waals surface area (Å²) in [7, 11) is 3.35. The Morgan fingerprint density at radius 2 is 2.00 bits per heavy atom. The van der Waals surface area contributed by atoms with Gasteiger partial charge in [0.2, 0.25) is 11.8 Å². The molecule has 9 nitrogen and oxygen atoms in total. The Hall–Kier alpha value is -3.98. The quantitative estimate of drug-likeness (QED) is 0.489. The molecule has 0 spiro atoms. The summed E-state index contributed by atoms with van der Waals surface area (Å²) in [6, 6.07) is 12.5. The van der Waals surface area contributed by atoms with Gasteiger partial charge in [0.1, 0.15) is 17.4 Å². The molecule has 3 atom stereocenters. The van der Waals surface area contributed by atoms with E-state index >= 15 is 0 Å². The van der Waals surface area contributed by atoms with E-state index in [1.165, 1.54) is 0 Å². The van der Waals surface area contributed by atoms with E-state index < -0.39 is 12.1 Å². The lowest BCUT2D eigenvalue weighted by atomic mass is 9.99. The molecule has 4 rings (SSSR count). The van der Waals surface area contributed by atoms with E-state index in [1.54, 1.807) is 54.7 Å². The van der Waals surface area contributed by atoms with E-state index in [0.29, 0.717) is 18.7 Å². The van der Waals surface area contributed by atoms with Crippen LogP contribution >= 0.6 is 0 Å². The second-order valence-corrected chi connectivity index (χ2v) is 9.74. The lowest BCUT2D eigenvalue weighted by Gasteiger charge is -2.37. The molecule has 3 aromatic rings. The number of aromatic nitrogens is 2. The predicted octanol–water partition coefficient (Wildman–Crippen LogP) is 3.07. The zero-order valence-corrected chi connectivity index (χ0v) is 22.2. The molecule has 1 N–H and O–H groups in total. The number of aliphatic hydroxyl groups is 1. The van der Waals surface area contributed by atoms with Crippen molar-refractivity contribution in [2.75, 3.05) is 33.9 Å². The molecule has 0 fully saturated rings. The molecule has 1 aliphatic rings. The molecule has 38 heavy (non-hydrogen) atoms. The second kappa shape index (κ2) is 12.0. The van der Waals surface area contributed by atoms with Crippen molar-refractivity contribution >= 4 is 11.8 Å². The lowest BCUT2D eigenvalue weighted by molar-refractivity contribution is -0.130. The molecule has 0 unspecified atom stereocenters. The number of carbonyl (C=O) groups excluding carboxylic acids is 2. The number of benzene rings is 1. The highest BCUT2D eigenvalue weighted by Crippen LogP contribution is 2.31. The lowest BCUT2D eigenvalue weighted by Crippen LogP contribution is -2.50. The standard InChI is InChI=1S/C29H34N4O5/c1-19-16-33(20(2)18-34)29(36)25-13-23(22-7-9-24(37-4)10-8-22)15-31-28(25)38-26(19)17-32(3)27(35)12-21-6-5-11-30-14-21/h5-11,13-15,19-20,26,34H,12,16-18H2,1-4H3/t19-,20-,26+/m1/s1. The Balaban J connectivity index is 1.63. The Bertz CT molecular complexity index is 1250. The summed E-state index contributed by atoms with van der Waals surface area (Å²) >= 11 is 0. The van der Waals surface area contributed by atoms with E-state index in [1.807, 2.05) is 44.2 Å². The maximum absolute atomic E-state index is 13.7. The summed E-state index contributed by atoms with van der Waals surface area (Å²) < 4.78 is 11.6. The fraction of sp³-hybridized carbons (Fsp3) is 0.379. The number of methoxy groups -OCH3 is 1. The maximum atomic E-state index is 13.7. The van der Waals surface area contributed by atoms with Crippen LogP contribution in [0.1, 0.15) is 29.8 Å². The van der Waals surface area contributed by atoms with Gasteiger partial charge < -0.3 is 24.4 Å². The average molecular weight is 519 g/mol. The first-order chi connectivity index (χ1) is 18.3. The summed E-state index contributed by atoms with van der Waals surface area (Å²) in [6.07, 6.45) is 4.84. The highest BCUT2D eigenvalue weighted by Gasteiger charge is 2.34. The number of hydrogen-bond acceptors (Lipinski definition) is 7. The summed E-state index contributed by atoms with van der Waals surface area (Å²) in [5.74, 6) is 0.505. The van der Waals surface area contributed by atoms with Crippen LogP contribution in [-0.4, -0.2) is 82.7 Å². The minimum atomic E-state index is -0.419. The van der Waals surface area contributed by atoms with Crippen molar-refractivity contribution in [2.45, 2.75) is 32.4 Å². The molecule has 1 aromatic carbocycles. The smallest absolute Gasteiger partial charge is 0.259 e. The topological polar surface area (TPSA) is 105 Å². The normalized spacial score (nSPS) is 18.0. The van der Waals surface area contributed by atoms with Crippen LogP contribution in [0.25, 0.3) is 11.1 Å². The minimum absolute atomic E-state index is 0.0597. The molecular formula is C29H34N4O5. The molecule has 3 heterocycles. The third-order valence-electron chi connectivity index (χ3n) is 6.90. The summed E-state index contributed by atoms with van der Waals surface area (Å²) in [5.41, 5.74) is 2.79. The Labute approximate surface area is 223 Å². The van der Waals surface area contributed by atoms with Crippen molar-refractivity contribution in [1.82, 2.24) is 19.8 Å². The van der Waals surface area contributed by atoms with Gasteiger partial charge in [0.05, 0.1) is 32.7 Å². The molecule has 1 aliphatic heterocycles. The molecule has 2 amide bonds. The van der Waals surface area contributed by atoms with E-state index in [4.69, 9.17) is 9.47 Å². The molecule has 0 aliphatic carbocycles. The number of hydrogen-bond donors (Lipinski definition) is 1. The number of pyridine rings is 2. The molecule has 0 saturated heterocycles. The van der Waals surface area contributed by atoms with Gasteiger partial charge in [-0.1, -0.05) is 25.1 Å². The highest BCUT2D eigenvalue weighted by atomic mass is 16.5. The number of carbonyl (C=O) groups is 2. The first kappa shape index (κ1) is 27.1. The van der Waals surface area contributed by atoms with E-state index in [0.717, 1.165) is 22.4 Å². The van der Waals surface area contributed by atoms with Gasteiger partial charge in [-0.15, -0.1) is 0 Å². The average Bonchev–Trinajstić information content (AvgIpc) is 2.94. The number of amides is 2. The molecule has 0 saturated carbocycles. The van der Waals surface area contributed by atoms with Crippen molar-refractivity contribution in [1.29, 1.82) is 0 Å². The predicted molar refractivity (Wildman–Crippen MR) is 143 cm³/mol. The van der Waals surface area contributed by atoms with E-state index in [9.17, 15) is 14.7 Å². The second-order valence-electron chi connectivity index (χ2n) is 9.74.